The van der Waals surface area contributed by atoms with E-state index >= 15 is 0 Å². The van der Waals surface area contributed by atoms with Crippen LogP contribution in [0.5, 0.6) is 0 Å². The Kier molecular flexibility index (Phi) is 5.08. The second-order valence-corrected chi connectivity index (χ2v) is 5.36. The maximum atomic E-state index is 11.1. The van der Waals surface area contributed by atoms with Gasteiger partial charge in [-0.25, -0.2) is 4.79 Å². The van der Waals surface area contributed by atoms with Crippen molar-refractivity contribution < 1.29 is 19.8 Å². The number of ketones is 1. The first-order chi connectivity index (χ1) is 9.23. The van der Waals surface area contributed by atoms with E-state index in [-0.39, 0.29) is 11.7 Å². The van der Waals surface area contributed by atoms with Crippen LogP contribution in [-0.2, 0) is 9.59 Å². The molecule has 4 heteroatoms. The number of carboxylic acid groups (broad SMARTS) is 1. The minimum Gasteiger partial charge on any atom is -0.507 e. The van der Waals surface area contributed by atoms with Gasteiger partial charge >= 0.3 is 5.97 Å². The number of carboxylic acids is 1. The zero-order valence-corrected chi connectivity index (χ0v) is 12.2. The molecule has 0 saturated heterocycles. The fourth-order valence-corrected chi connectivity index (χ4v) is 1.91. The summed E-state index contributed by atoms with van der Waals surface area (Å²) in [5.41, 5.74) is 2.52. The van der Waals surface area contributed by atoms with E-state index in [4.69, 9.17) is 5.11 Å². The Morgan fingerprint density at radius 3 is 2.10 bits per heavy atom. The fourth-order valence-electron chi connectivity index (χ4n) is 1.91. The van der Waals surface area contributed by atoms with Gasteiger partial charge in [0, 0.05) is 11.6 Å². The van der Waals surface area contributed by atoms with Crippen molar-refractivity contribution in [3.63, 3.8) is 0 Å². The Morgan fingerprint density at radius 1 is 1.05 bits per heavy atom. The smallest absolute Gasteiger partial charge is 0.376 e. The molecule has 0 atom stereocenters. The van der Waals surface area contributed by atoms with Crippen LogP contribution in [0.4, 0.5) is 0 Å². The average Bonchev–Trinajstić information content (AvgIpc) is 2.37. The van der Waals surface area contributed by atoms with Crippen molar-refractivity contribution in [1.82, 2.24) is 0 Å². The minimum absolute atomic E-state index is 0.152. The van der Waals surface area contributed by atoms with Gasteiger partial charge in [0.15, 0.2) is 0 Å². The van der Waals surface area contributed by atoms with Crippen LogP contribution in [0.15, 0.2) is 24.3 Å². The molecule has 0 unspecified atom stereocenters. The Morgan fingerprint density at radius 2 is 1.65 bits per heavy atom. The largest absolute Gasteiger partial charge is 0.507 e. The highest BCUT2D eigenvalue weighted by Crippen LogP contribution is 2.28. The number of hydrogen-bond donors (Lipinski definition) is 2. The summed E-state index contributed by atoms with van der Waals surface area (Å²) in [5, 5.41) is 18.5. The van der Waals surface area contributed by atoms with Gasteiger partial charge in [-0.3, -0.25) is 4.79 Å². The zero-order chi connectivity index (χ0) is 15.4. The monoisotopic (exact) mass is 276 g/mol. The molecule has 1 aromatic rings. The van der Waals surface area contributed by atoms with Gasteiger partial charge in [0.2, 0.25) is 0 Å². The van der Waals surface area contributed by atoms with E-state index in [1.54, 1.807) is 6.07 Å². The molecule has 20 heavy (non-hydrogen) atoms. The summed E-state index contributed by atoms with van der Waals surface area (Å²) in [6.07, 6.45) is 0.749. The molecule has 0 radical (unpaired) electrons. The molecule has 0 heterocycles. The van der Waals surface area contributed by atoms with Crippen LogP contribution in [0.3, 0.4) is 0 Å². The number of aliphatic hydroxyl groups is 1. The summed E-state index contributed by atoms with van der Waals surface area (Å²) in [6, 6.07) is 5.59. The van der Waals surface area contributed by atoms with Gasteiger partial charge in [-0.05, 0) is 23.0 Å². The molecule has 0 saturated carbocycles. The molecule has 0 aromatic heterocycles. The number of benzene rings is 1. The maximum absolute atomic E-state index is 11.1. The van der Waals surface area contributed by atoms with Gasteiger partial charge in [0.25, 0.3) is 5.78 Å². The minimum atomic E-state index is -1.58. The number of carbonyl (C=O) groups is 2. The molecule has 2 N–H and O–H groups in total. The van der Waals surface area contributed by atoms with E-state index < -0.39 is 11.8 Å². The normalized spacial score (nSPS) is 12.0. The molecule has 0 fully saturated rings. The molecule has 0 aliphatic carbocycles. The predicted molar refractivity (Wildman–Crippen MR) is 77.9 cm³/mol. The highest BCUT2D eigenvalue weighted by Gasteiger charge is 2.15. The first kappa shape index (κ1) is 16.0. The number of carbonyl (C=O) groups excluding carboxylic acids is 1. The Balaban J connectivity index is 3.30. The second kappa shape index (κ2) is 6.37. The lowest BCUT2D eigenvalue weighted by Gasteiger charge is -2.15. The van der Waals surface area contributed by atoms with Gasteiger partial charge in [-0.2, -0.15) is 0 Å². The third-order valence-electron chi connectivity index (χ3n) is 3.12. The van der Waals surface area contributed by atoms with Crippen molar-refractivity contribution in [2.45, 2.75) is 39.5 Å². The lowest BCUT2D eigenvalue weighted by atomic mass is 9.90. The molecule has 0 spiro atoms. The van der Waals surface area contributed by atoms with Gasteiger partial charge in [0.1, 0.15) is 5.76 Å². The standard InChI is InChI=1S/C16H20O4/c1-9(2)11-5-6-12(13(7-11)10(3)4)14(17)8-15(18)16(19)20/h5-10,17H,1-4H3,(H,19,20)/b14-8-. The lowest BCUT2D eigenvalue weighted by molar-refractivity contribution is -0.146. The SMILES string of the molecule is CC(C)c1ccc(/C(O)=C/C(=O)C(=O)O)c(C(C)C)c1. The van der Waals surface area contributed by atoms with Crippen molar-refractivity contribution in [1.29, 1.82) is 0 Å². The highest BCUT2D eigenvalue weighted by molar-refractivity contribution is 6.38. The number of rotatable bonds is 5. The lowest BCUT2D eigenvalue weighted by Crippen LogP contribution is -2.10. The van der Waals surface area contributed by atoms with Crippen molar-refractivity contribution in [2.24, 2.45) is 0 Å². The third-order valence-corrected chi connectivity index (χ3v) is 3.12. The number of aliphatic hydroxyl groups excluding tert-OH is 1. The summed E-state index contributed by atoms with van der Waals surface area (Å²) in [4.78, 5) is 21.7. The number of aliphatic carboxylic acids is 1. The molecule has 0 aliphatic heterocycles. The zero-order valence-electron chi connectivity index (χ0n) is 12.2. The van der Waals surface area contributed by atoms with Gasteiger partial charge in [0.05, 0.1) is 0 Å². The maximum Gasteiger partial charge on any atom is 0.376 e. The van der Waals surface area contributed by atoms with Gasteiger partial charge < -0.3 is 10.2 Å². The fraction of sp³-hybridized carbons (Fsp3) is 0.375. The van der Waals surface area contributed by atoms with Crippen LogP contribution < -0.4 is 0 Å². The molecular weight excluding hydrogens is 256 g/mol. The molecule has 4 nitrogen and oxygen atoms in total. The van der Waals surface area contributed by atoms with Crippen molar-refractivity contribution >= 4 is 17.5 Å². The van der Waals surface area contributed by atoms with Crippen LogP contribution in [0.25, 0.3) is 5.76 Å². The van der Waals surface area contributed by atoms with Crippen LogP contribution in [0.1, 0.15) is 56.2 Å². The van der Waals surface area contributed by atoms with Crippen molar-refractivity contribution in [3.05, 3.63) is 41.0 Å². The van der Waals surface area contributed by atoms with E-state index in [9.17, 15) is 14.7 Å². The van der Waals surface area contributed by atoms with E-state index in [2.05, 4.69) is 13.8 Å². The number of hydrogen-bond acceptors (Lipinski definition) is 3. The molecule has 0 amide bonds. The highest BCUT2D eigenvalue weighted by atomic mass is 16.4. The first-order valence-corrected chi connectivity index (χ1v) is 6.56. The molecule has 1 rings (SSSR count). The van der Waals surface area contributed by atoms with Gasteiger partial charge in [-0.15, -0.1) is 0 Å². The summed E-state index contributed by atoms with van der Waals surface area (Å²) < 4.78 is 0. The average molecular weight is 276 g/mol. The van der Waals surface area contributed by atoms with E-state index in [1.807, 2.05) is 26.0 Å². The predicted octanol–water partition coefficient (Wildman–Crippen LogP) is 3.49. The van der Waals surface area contributed by atoms with E-state index in [0.29, 0.717) is 11.5 Å². The van der Waals surface area contributed by atoms with Crippen LogP contribution in [0, 0.1) is 0 Å². The first-order valence-electron chi connectivity index (χ1n) is 6.56. The summed E-state index contributed by atoms with van der Waals surface area (Å²) >= 11 is 0. The third kappa shape index (κ3) is 3.70. The molecule has 0 bridgehead atoms. The Bertz CT molecular complexity index is 554. The Hall–Kier alpha value is -2.10. The summed E-state index contributed by atoms with van der Waals surface area (Å²) in [5.74, 6) is -2.52. The van der Waals surface area contributed by atoms with E-state index in [1.165, 1.54) is 0 Å². The summed E-state index contributed by atoms with van der Waals surface area (Å²) in [7, 11) is 0. The van der Waals surface area contributed by atoms with E-state index in [0.717, 1.165) is 17.2 Å². The Labute approximate surface area is 118 Å². The van der Waals surface area contributed by atoms with Gasteiger partial charge in [-0.1, -0.05) is 45.9 Å². The van der Waals surface area contributed by atoms with Crippen molar-refractivity contribution in [2.75, 3.05) is 0 Å². The van der Waals surface area contributed by atoms with Crippen LogP contribution in [0.2, 0.25) is 0 Å². The summed E-state index contributed by atoms with van der Waals surface area (Å²) in [6.45, 7) is 8.11. The molecular formula is C16H20O4. The molecule has 0 aliphatic rings. The quantitative estimate of drug-likeness (QED) is 0.490. The van der Waals surface area contributed by atoms with Crippen LogP contribution >= 0.6 is 0 Å². The van der Waals surface area contributed by atoms with Crippen molar-refractivity contribution in [3.8, 4) is 0 Å². The second-order valence-electron chi connectivity index (χ2n) is 5.36. The van der Waals surface area contributed by atoms with Crippen LogP contribution in [-0.4, -0.2) is 22.0 Å². The molecule has 1 aromatic carbocycles. The molecule has 108 valence electrons. The topological polar surface area (TPSA) is 74.6 Å².